The van der Waals surface area contributed by atoms with Crippen molar-refractivity contribution in [2.75, 3.05) is 0 Å². The lowest BCUT2D eigenvalue weighted by molar-refractivity contribution is 0.275. The zero-order chi connectivity index (χ0) is 12.3. The Morgan fingerprint density at radius 3 is 2.82 bits per heavy atom. The topological polar surface area (TPSA) is 40.5 Å². The molecule has 17 heavy (non-hydrogen) atoms. The molecule has 0 fully saturated rings. The van der Waals surface area contributed by atoms with E-state index in [4.69, 9.17) is 5.11 Å². The van der Waals surface area contributed by atoms with Gasteiger partial charge in [-0.2, -0.15) is 0 Å². The van der Waals surface area contributed by atoms with Gasteiger partial charge in [0, 0.05) is 5.56 Å². The minimum Gasteiger partial charge on any atom is -0.508 e. The highest BCUT2D eigenvalue weighted by molar-refractivity contribution is 5.42. The number of aliphatic hydroxyl groups excluding tert-OH is 1. The van der Waals surface area contributed by atoms with Crippen molar-refractivity contribution in [3.8, 4) is 5.75 Å². The first-order valence-corrected chi connectivity index (χ1v) is 6.69. The second kappa shape index (κ2) is 5.54. The van der Waals surface area contributed by atoms with Crippen molar-refractivity contribution < 1.29 is 10.2 Å². The quantitative estimate of drug-likeness (QED) is 0.840. The molecule has 0 spiro atoms. The molecule has 1 aliphatic carbocycles. The standard InChI is InChI=1S/C15H22O2/c1-2-3-4-11-5-6-12-8-14(10-16)15(17)9-13(12)7-11/h8-9,11,16-17H,2-7,10H2,1H3. The number of aliphatic hydroxyl groups is 1. The SMILES string of the molecule is CCCCC1CCc2cc(CO)c(O)cc2C1. The summed E-state index contributed by atoms with van der Waals surface area (Å²) in [5.41, 5.74) is 3.27. The minimum absolute atomic E-state index is 0.0711. The van der Waals surface area contributed by atoms with E-state index in [1.807, 2.05) is 12.1 Å². The molecule has 94 valence electrons. The van der Waals surface area contributed by atoms with Gasteiger partial charge >= 0.3 is 0 Å². The van der Waals surface area contributed by atoms with Crippen LogP contribution in [0.25, 0.3) is 0 Å². The van der Waals surface area contributed by atoms with E-state index >= 15 is 0 Å². The Labute approximate surface area is 103 Å². The second-order valence-electron chi connectivity index (χ2n) is 5.16. The number of aromatic hydroxyl groups is 1. The summed E-state index contributed by atoms with van der Waals surface area (Å²) in [7, 11) is 0. The van der Waals surface area contributed by atoms with Crippen molar-refractivity contribution in [3.63, 3.8) is 0 Å². The molecule has 0 bridgehead atoms. The third-order valence-corrected chi connectivity index (χ3v) is 3.87. The van der Waals surface area contributed by atoms with E-state index in [2.05, 4.69) is 6.92 Å². The van der Waals surface area contributed by atoms with Gasteiger partial charge in [0.2, 0.25) is 0 Å². The highest BCUT2D eigenvalue weighted by Crippen LogP contribution is 2.32. The summed E-state index contributed by atoms with van der Waals surface area (Å²) in [5.74, 6) is 1.03. The Balaban J connectivity index is 2.12. The average molecular weight is 234 g/mol. The molecule has 0 saturated heterocycles. The van der Waals surface area contributed by atoms with Gasteiger partial charge in [-0.3, -0.25) is 0 Å². The van der Waals surface area contributed by atoms with E-state index in [0.717, 1.165) is 18.8 Å². The van der Waals surface area contributed by atoms with Gasteiger partial charge in [0.25, 0.3) is 0 Å². The van der Waals surface area contributed by atoms with Crippen LogP contribution in [0.5, 0.6) is 5.75 Å². The molecule has 0 radical (unpaired) electrons. The molecule has 0 aliphatic heterocycles. The summed E-state index contributed by atoms with van der Waals surface area (Å²) < 4.78 is 0. The van der Waals surface area contributed by atoms with Gasteiger partial charge in [0.05, 0.1) is 6.61 Å². The van der Waals surface area contributed by atoms with Gasteiger partial charge in [-0.1, -0.05) is 26.2 Å². The summed E-state index contributed by atoms with van der Waals surface area (Å²) in [6.45, 7) is 2.16. The molecule has 1 aliphatic rings. The maximum atomic E-state index is 9.77. The van der Waals surface area contributed by atoms with Crippen LogP contribution >= 0.6 is 0 Å². The third kappa shape index (κ3) is 2.81. The van der Waals surface area contributed by atoms with E-state index in [9.17, 15) is 5.11 Å². The predicted molar refractivity (Wildman–Crippen MR) is 69.1 cm³/mol. The average Bonchev–Trinajstić information content (AvgIpc) is 2.35. The molecule has 2 heteroatoms. The van der Waals surface area contributed by atoms with Crippen LogP contribution in [-0.2, 0) is 19.4 Å². The van der Waals surface area contributed by atoms with Crippen LogP contribution in [0.4, 0.5) is 0 Å². The van der Waals surface area contributed by atoms with Crippen molar-refractivity contribution in [1.29, 1.82) is 0 Å². The smallest absolute Gasteiger partial charge is 0.121 e. The Bertz CT molecular complexity index is 385. The van der Waals surface area contributed by atoms with Gasteiger partial charge in [0.15, 0.2) is 0 Å². The van der Waals surface area contributed by atoms with Gasteiger partial charge in [0.1, 0.15) is 5.75 Å². The first kappa shape index (κ1) is 12.4. The molecule has 1 unspecified atom stereocenters. The van der Waals surface area contributed by atoms with Crippen molar-refractivity contribution in [3.05, 3.63) is 28.8 Å². The molecule has 2 N–H and O–H groups in total. The predicted octanol–water partition coefficient (Wildman–Crippen LogP) is 3.18. The van der Waals surface area contributed by atoms with Crippen molar-refractivity contribution in [2.24, 2.45) is 5.92 Å². The van der Waals surface area contributed by atoms with Gasteiger partial charge in [-0.05, 0) is 48.4 Å². The van der Waals surface area contributed by atoms with E-state index in [1.54, 1.807) is 0 Å². The summed E-state index contributed by atoms with van der Waals surface area (Å²) in [6.07, 6.45) is 7.31. The first-order valence-electron chi connectivity index (χ1n) is 6.69. The second-order valence-corrected chi connectivity index (χ2v) is 5.16. The van der Waals surface area contributed by atoms with Crippen LogP contribution in [0.2, 0.25) is 0 Å². The van der Waals surface area contributed by atoms with Crippen LogP contribution in [0, 0.1) is 5.92 Å². The van der Waals surface area contributed by atoms with Gasteiger partial charge < -0.3 is 10.2 Å². The van der Waals surface area contributed by atoms with Crippen molar-refractivity contribution in [1.82, 2.24) is 0 Å². The summed E-state index contributed by atoms with van der Waals surface area (Å²) in [5, 5.41) is 18.9. The summed E-state index contributed by atoms with van der Waals surface area (Å²) >= 11 is 0. The van der Waals surface area contributed by atoms with E-state index in [1.165, 1.54) is 36.8 Å². The number of hydrogen-bond acceptors (Lipinski definition) is 2. The normalized spacial score (nSPS) is 19.1. The van der Waals surface area contributed by atoms with Gasteiger partial charge in [-0.25, -0.2) is 0 Å². The minimum atomic E-state index is -0.0711. The molecule has 0 saturated carbocycles. The fraction of sp³-hybridized carbons (Fsp3) is 0.600. The number of fused-ring (bicyclic) bond motifs is 1. The molecule has 0 amide bonds. The van der Waals surface area contributed by atoms with Gasteiger partial charge in [-0.15, -0.1) is 0 Å². The molecule has 0 heterocycles. The number of unbranched alkanes of at least 4 members (excludes halogenated alkanes) is 1. The highest BCUT2D eigenvalue weighted by Gasteiger charge is 2.19. The summed E-state index contributed by atoms with van der Waals surface area (Å²) in [4.78, 5) is 0. The van der Waals surface area contributed by atoms with Crippen LogP contribution in [0.1, 0.15) is 49.3 Å². The maximum Gasteiger partial charge on any atom is 0.121 e. The molecule has 1 atom stereocenters. The van der Waals surface area contributed by atoms with E-state index in [-0.39, 0.29) is 12.4 Å². The Hall–Kier alpha value is -1.02. The number of rotatable bonds is 4. The molecule has 1 aromatic rings. The molecular weight excluding hydrogens is 212 g/mol. The number of hydrogen-bond donors (Lipinski definition) is 2. The zero-order valence-electron chi connectivity index (χ0n) is 10.6. The lowest BCUT2D eigenvalue weighted by Crippen LogP contribution is -2.14. The van der Waals surface area contributed by atoms with Crippen molar-refractivity contribution in [2.45, 2.75) is 52.1 Å². The largest absolute Gasteiger partial charge is 0.508 e. The fourth-order valence-electron chi connectivity index (χ4n) is 2.79. The van der Waals surface area contributed by atoms with Crippen LogP contribution in [0.15, 0.2) is 12.1 Å². The van der Waals surface area contributed by atoms with Crippen molar-refractivity contribution >= 4 is 0 Å². The maximum absolute atomic E-state index is 9.77. The van der Waals surface area contributed by atoms with E-state index < -0.39 is 0 Å². The monoisotopic (exact) mass is 234 g/mol. The van der Waals surface area contributed by atoms with Crippen LogP contribution in [0.3, 0.4) is 0 Å². The Morgan fingerprint density at radius 2 is 2.12 bits per heavy atom. The molecule has 2 nitrogen and oxygen atoms in total. The molecule has 2 rings (SSSR count). The lowest BCUT2D eigenvalue weighted by atomic mass is 9.81. The Kier molecular flexibility index (Phi) is 4.06. The lowest BCUT2D eigenvalue weighted by Gasteiger charge is -2.25. The summed E-state index contributed by atoms with van der Waals surface area (Å²) in [6, 6.07) is 3.83. The number of aryl methyl sites for hydroxylation is 1. The molecule has 1 aromatic carbocycles. The number of benzene rings is 1. The molecular formula is C15H22O2. The van der Waals surface area contributed by atoms with Crippen LogP contribution in [-0.4, -0.2) is 10.2 Å². The number of phenols is 1. The molecule has 0 aromatic heterocycles. The zero-order valence-corrected chi connectivity index (χ0v) is 10.6. The van der Waals surface area contributed by atoms with E-state index in [0.29, 0.717) is 5.56 Å². The van der Waals surface area contributed by atoms with Crippen LogP contribution < -0.4 is 0 Å². The third-order valence-electron chi connectivity index (χ3n) is 3.87. The highest BCUT2D eigenvalue weighted by atomic mass is 16.3. The fourth-order valence-corrected chi connectivity index (χ4v) is 2.79. The Morgan fingerprint density at radius 1 is 1.29 bits per heavy atom. The first-order chi connectivity index (χ1) is 8.24.